The highest BCUT2D eigenvalue weighted by Crippen LogP contribution is 2.45. The molecule has 2 aliphatic carbocycles. The fraction of sp³-hybridized carbons (Fsp3) is 0.409. The number of carbonyl (C=O) groups is 1. The lowest BCUT2D eigenvalue weighted by Gasteiger charge is -2.26. The zero-order valence-electron chi connectivity index (χ0n) is 16.3. The molecule has 5 rings (SSSR count). The standard InChI is InChI=1S/C22H23ClN4O3/c23-15-11-24-22(25-16-6-3-5-12-4-1-2-9-30-19(12)16)27-20(15)26-18-14-8-7-13(10-14)17(18)21(28)29/h3,5-8,11,13-14,17-18H,1-2,4,9-10H2,(H,28,29)(H2,24,25,26,27). The number of aromatic nitrogens is 2. The molecule has 3 N–H and O–H groups in total. The van der Waals surface area contributed by atoms with Gasteiger partial charge in [0.2, 0.25) is 5.95 Å². The molecule has 2 heterocycles. The quantitative estimate of drug-likeness (QED) is 0.614. The lowest BCUT2D eigenvalue weighted by molar-refractivity contribution is -0.142. The lowest BCUT2D eigenvalue weighted by Crippen LogP contribution is -2.38. The van der Waals surface area contributed by atoms with E-state index in [1.165, 1.54) is 11.8 Å². The van der Waals surface area contributed by atoms with Crippen LogP contribution < -0.4 is 15.4 Å². The number of aliphatic carboxylic acids is 1. The number of hydrogen-bond acceptors (Lipinski definition) is 6. The van der Waals surface area contributed by atoms with Gasteiger partial charge in [0, 0.05) is 6.04 Å². The van der Waals surface area contributed by atoms with Crippen LogP contribution in [-0.2, 0) is 11.2 Å². The first-order chi connectivity index (χ1) is 14.6. The maximum Gasteiger partial charge on any atom is 0.309 e. The molecule has 4 atom stereocenters. The first-order valence-electron chi connectivity index (χ1n) is 10.3. The lowest BCUT2D eigenvalue weighted by atomic mass is 9.89. The highest BCUT2D eigenvalue weighted by Gasteiger charge is 2.48. The third kappa shape index (κ3) is 3.47. The molecule has 7 nitrogen and oxygen atoms in total. The molecule has 8 heteroatoms. The largest absolute Gasteiger partial charge is 0.491 e. The predicted octanol–water partition coefficient (Wildman–Crippen LogP) is 4.28. The van der Waals surface area contributed by atoms with Gasteiger partial charge in [0.1, 0.15) is 10.8 Å². The van der Waals surface area contributed by atoms with Gasteiger partial charge in [-0.1, -0.05) is 35.9 Å². The highest BCUT2D eigenvalue weighted by atomic mass is 35.5. The molecular formula is C22H23ClN4O3. The Balaban J connectivity index is 1.40. The molecule has 2 aromatic rings. The van der Waals surface area contributed by atoms with Crippen LogP contribution in [0.2, 0.25) is 5.02 Å². The molecule has 4 unspecified atom stereocenters. The molecule has 1 fully saturated rings. The summed E-state index contributed by atoms with van der Waals surface area (Å²) < 4.78 is 5.95. The summed E-state index contributed by atoms with van der Waals surface area (Å²) in [4.78, 5) is 20.6. The minimum atomic E-state index is -0.794. The summed E-state index contributed by atoms with van der Waals surface area (Å²) in [5, 5.41) is 16.6. The Bertz CT molecular complexity index is 1010. The van der Waals surface area contributed by atoms with Crippen LogP contribution >= 0.6 is 11.6 Å². The second-order valence-electron chi connectivity index (χ2n) is 8.10. The van der Waals surface area contributed by atoms with Gasteiger partial charge in [-0.3, -0.25) is 4.79 Å². The SMILES string of the molecule is O=C(O)C1C2C=CC(C2)C1Nc1nc(Nc2cccc3c2OCCCC3)ncc1Cl. The molecule has 0 amide bonds. The van der Waals surface area contributed by atoms with Crippen molar-refractivity contribution < 1.29 is 14.6 Å². The molecule has 2 bridgehead atoms. The van der Waals surface area contributed by atoms with Crippen LogP contribution in [0.5, 0.6) is 5.75 Å². The van der Waals surface area contributed by atoms with Crippen LogP contribution in [0.4, 0.5) is 17.5 Å². The Morgan fingerprint density at radius 3 is 2.97 bits per heavy atom. The Morgan fingerprint density at radius 1 is 1.23 bits per heavy atom. The van der Waals surface area contributed by atoms with E-state index in [0.29, 0.717) is 23.4 Å². The average molecular weight is 427 g/mol. The number of hydrogen-bond donors (Lipinski definition) is 3. The van der Waals surface area contributed by atoms with Crippen molar-refractivity contribution in [2.45, 2.75) is 31.7 Å². The van der Waals surface area contributed by atoms with E-state index in [-0.39, 0.29) is 17.9 Å². The summed E-state index contributed by atoms with van der Waals surface area (Å²) in [5.74, 6) is 0.602. The number of anilines is 3. The molecule has 1 aromatic carbocycles. The normalized spacial score (nSPS) is 26.6. The Labute approximate surface area is 179 Å². The van der Waals surface area contributed by atoms with E-state index in [1.807, 2.05) is 18.2 Å². The molecule has 0 spiro atoms. The Morgan fingerprint density at radius 2 is 2.10 bits per heavy atom. The Kier molecular flexibility index (Phi) is 4.98. The summed E-state index contributed by atoms with van der Waals surface area (Å²) in [6, 6.07) is 5.77. The minimum absolute atomic E-state index is 0.0557. The number of halogens is 1. The van der Waals surface area contributed by atoms with Crippen molar-refractivity contribution in [2.24, 2.45) is 17.8 Å². The van der Waals surface area contributed by atoms with E-state index < -0.39 is 11.9 Å². The fourth-order valence-electron chi connectivity index (χ4n) is 4.80. The molecule has 0 radical (unpaired) electrons. The van der Waals surface area contributed by atoms with Crippen molar-refractivity contribution in [2.75, 3.05) is 17.2 Å². The number of nitrogens with zero attached hydrogens (tertiary/aromatic N) is 2. The number of allylic oxidation sites excluding steroid dienone is 1. The summed E-state index contributed by atoms with van der Waals surface area (Å²) in [6.07, 6.45) is 9.58. The molecular weight excluding hydrogens is 404 g/mol. The molecule has 1 aliphatic heterocycles. The number of para-hydroxylation sites is 1. The zero-order valence-corrected chi connectivity index (χ0v) is 17.1. The maximum absolute atomic E-state index is 11.8. The number of aryl methyl sites for hydroxylation is 1. The average Bonchev–Trinajstić information content (AvgIpc) is 3.24. The van der Waals surface area contributed by atoms with E-state index in [0.717, 1.165) is 37.1 Å². The summed E-state index contributed by atoms with van der Waals surface area (Å²) >= 11 is 6.34. The summed E-state index contributed by atoms with van der Waals surface area (Å²) in [5.41, 5.74) is 1.98. The van der Waals surface area contributed by atoms with Crippen molar-refractivity contribution in [3.05, 3.63) is 47.1 Å². The van der Waals surface area contributed by atoms with Gasteiger partial charge in [0.25, 0.3) is 0 Å². The van der Waals surface area contributed by atoms with Crippen molar-refractivity contribution >= 4 is 35.0 Å². The molecule has 1 saturated carbocycles. The van der Waals surface area contributed by atoms with Crippen molar-refractivity contribution in [1.29, 1.82) is 0 Å². The third-order valence-corrected chi connectivity index (χ3v) is 6.50. The number of fused-ring (bicyclic) bond motifs is 3. The van der Waals surface area contributed by atoms with Crippen LogP contribution in [0.1, 0.15) is 24.8 Å². The first kappa shape index (κ1) is 19.2. The van der Waals surface area contributed by atoms with Gasteiger partial charge in [-0.05, 0) is 49.1 Å². The van der Waals surface area contributed by atoms with Crippen LogP contribution in [0.3, 0.4) is 0 Å². The van der Waals surface area contributed by atoms with Gasteiger partial charge >= 0.3 is 5.97 Å². The number of nitrogens with one attached hydrogen (secondary N) is 2. The predicted molar refractivity (Wildman–Crippen MR) is 114 cm³/mol. The number of rotatable bonds is 5. The van der Waals surface area contributed by atoms with Gasteiger partial charge in [0.05, 0.1) is 24.4 Å². The highest BCUT2D eigenvalue weighted by molar-refractivity contribution is 6.32. The Hall–Kier alpha value is -2.80. The zero-order chi connectivity index (χ0) is 20.7. The summed E-state index contributed by atoms with van der Waals surface area (Å²) in [6.45, 7) is 0.689. The van der Waals surface area contributed by atoms with Gasteiger partial charge < -0.3 is 20.5 Å². The number of carboxylic acids is 1. The van der Waals surface area contributed by atoms with Crippen LogP contribution in [-0.4, -0.2) is 33.7 Å². The second kappa shape index (κ2) is 7.80. The van der Waals surface area contributed by atoms with Crippen LogP contribution in [0.25, 0.3) is 0 Å². The number of ether oxygens (including phenoxy) is 1. The number of benzene rings is 1. The van der Waals surface area contributed by atoms with Crippen molar-refractivity contribution in [3.8, 4) is 5.75 Å². The third-order valence-electron chi connectivity index (χ3n) is 6.22. The van der Waals surface area contributed by atoms with Gasteiger partial charge in [-0.15, -0.1) is 0 Å². The molecule has 3 aliphatic rings. The molecule has 156 valence electrons. The van der Waals surface area contributed by atoms with E-state index in [1.54, 1.807) is 0 Å². The molecule has 0 saturated heterocycles. The van der Waals surface area contributed by atoms with Gasteiger partial charge in [0.15, 0.2) is 5.82 Å². The van der Waals surface area contributed by atoms with E-state index in [9.17, 15) is 9.90 Å². The van der Waals surface area contributed by atoms with E-state index >= 15 is 0 Å². The fourth-order valence-corrected chi connectivity index (χ4v) is 4.95. The van der Waals surface area contributed by atoms with Gasteiger partial charge in [-0.2, -0.15) is 4.98 Å². The first-order valence-corrected chi connectivity index (χ1v) is 10.7. The molecule has 30 heavy (non-hydrogen) atoms. The summed E-state index contributed by atoms with van der Waals surface area (Å²) in [7, 11) is 0. The van der Waals surface area contributed by atoms with Crippen molar-refractivity contribution in [3.63, 3.8) is 0 Å². The smallest absolute Gasteiger partial charge is 0.309 e. The van der Waals surface area contributed by atoms with Crippen LogP contribution in [0.15, 0.2) is 36.5 Å². The monoisotopic (exact) mass is 426 g/mol. The minimum Gasteiger partial charge on any atom is -0.491 e. The van der Waals surface area contributed by atoms with E-state index in [4.69, 9.17) is 16.3 Å². The molecule has 1 aromatic heterocycles. The van der Waals surface area contributed by atoms with Crippen molar-refractivity contribution in [1.82, 2.24) is 9.97 Å². The van der Waals surface area contributed by atoms with E-state index in [2.05, 4.69) is 32.7 Å². The van der Waals surface area contributed by atoms with Crippen LogP contribution in [0, 0.1) is 17.8 Å². The number of carboxylic acid groups (broad SMARTS) is 1. The maximum atomic E-state index is 11.8. The second-order valence-corrected chi connectivity index (χ2v) is 8.50. The van der Waals surface area contributed by atoms with Gasteiger partial charge in [-0.25, -0.2) is 4.98 Å². The topological polar surface area (TPSA) is 96.4 Å².